The van der Waals surface area contributed by atoms with Gasteiger partial charge in [0.1, 0.15) is 6.33 Å². The number of nitrogens with zero attached hydrogens (tertiary/aromatic N) is 6. The summed E-state index contributed by atoms with van der Waals surface area (Å²) in [5, 5.41) is 11.1. The van der Waals surface area contributed by atoms with Crippen LogP contribution < -0.4 is 0 Å². The molecular formula is C7H8N6. The molecule has 2 heterocycles. The van der Waals surface area contributed by atoms with Gasteiger partial charge in [0.15, 0.2) is 5.82 Å². The van der Waals surface area contributed by atoms with Crippen molar-refractivity contribution in [1.29, 1.82) is 0 Å². The molecule has 0 saturated carbocycles. The Labute approximate surface area is 74.6 Å². The molecule has 0 fully saturated rings. The van der Waals surface area contributed by atoms with Gasteiger partial charge < -0.3 is 0 Å². The molecule has 2 aromatic heterocycles. The van der Waals surface area contributed by atoms with Crippen LogP contribution in [0.25, 0.3) is 11.4 Å². The molecule has 0 spiro atoms. The first-order valence-electron chi connectivity index (χ1n) is 3.78. The fourth-order valence-electron chi connectivity index (χ4n) is 1.07. The molecule has 0 N–H and O–H groups in total. The Morgan fingerprint density at radius 3 is 2.85 bits per heavy atom. The molecule has 2 rings (SSSR count). The van der Waals surface area contributed by atoms with Gasteiger partial charge in [-0.05, 0) is 17.4 Å². The Morgan fingerprint density at radius 1 is 1.38 bits per heavy atom. The second-order valence-corrected chi connectivity index (χ2v) is 2.65. The molecule has 0 aliphatic rings. The highest BCUT2D eigenvalue weighted by molar-refractivity contribution is 5.55. The Kier molecular flexibility index (Phi) is 1.73. The van der Waals surface area contributed by atoms with Crippen LogP contribution in [0.1, 0.15) is 5.69 Å². The molecule has 2 aromatic rings. The minimum absolute atomic E-state index is 0.679. The lowest BCUT2D eigenvalue weighted by atomic mass is 10.2. The Bertz CT molecular complexity index is 420. The molecule has 0 bridgehead atoms. The van der Waals surface area contributed by atoms with Gasteiger partial charge in [0.25, 0.3) is 0 Å². The molecule has 66 valence electrons. The summed E-state index contributed by atoms with van der Waals surface area (Å²) in [6.45, 7) is 1.89. The van der Waals surface area contributed by atoms with Crippen LogP contribution in [0.3, 0.4) is 0 Å². The number of rotatable bonds is 1. The third kappa shape index (κ3) is 1.26. The average molecular weight is 176 g/mol. The maximum atomic E-state index is 4.06. The summed E-state index contributed by atoms with van der Waals surface area (Å²) >= 11 is 0. The predicted octanol–water partition coefficient (Wildman–Crippen LogP) is -0.0245. The third-order valence-corrected chi connectivity index (χ3v) is 1.77. The van der Waals surface area contributed by atoms with E-state index in [9.17, 15) is 0 Å². The fourth-order valence-corrected chi connectivity index (χ4v) is 1.07. The van der Waals surface area contributed by atoms with E-state index in [0.29, 0.717) is 5.82 Å². The van der Waals surface area contributed by atoms with Crippen LogP contribution in [0.4, 0.5) is 0 Å². The van der Waals surface area contributed by atoms with Crippen LogP contribution in [0.15, 0.2) is 12.5 Å². The van der Waals surface area contributed by atoms with Gasteiger partial charge in [0.2, 0.25) is 0 Å². The largest absolute Gasteiger partial charge is 0.244 e. The smallest absolute Gasteiger partial charge is 0.185 e. The van der Waals surface area contributed by atoms with Crippen molar-refractivity contribution in [2.45, 2.75) is 6.92 Å². The van der Waals surface area contributed by atoms with Gasteiger partial charge in [-0.2, -0.15) is 0 Å². The lowest BCUT2D eigenvalue weighted by molar-refractivity contribution is 0.714. The van der Waals surface area contributed by atoms with E-state index >= 15 is 0 Å². The van der Waals surface area contributed by atoms with E-state index in [0.717, 1.165) is 11.3 Å². The maximum Gasteiger partial charge on any atom is 0.185 e. The van der Waals surface area contributed by atoms with Crippen molar-refractivity contribution in [1.82, 2.24) is 30.2 Å². The SMILES string of the molecule is Cc1ncncc1-c1nnnn1C. The molecule has 0 atom stereocenters. The van der Waals surface area contributed by atoms with Crippen LogP contribution in [-0.4, -0.2) is 30.2 Å². The van der Waals surface area contributed by atoms with Crippen LogP contribution in [0.5, 0.6) is 0 Å². The second-order valence-electron chi connectivity index (χ2n) is 2.65. The van der Waals surface area contributed by atoms with E-state index in [1.54, 1.807) is 17.9 Å². The Balaban J connectivity index is 2.59. The van der Waals surface area contributed by atoms with E-state index in [2.05, 4.69) is 25.5 Å². The molecule has 0 aliphatic heterocycles. The third-order valence-electron chi connectivity index (χ3n) is 1.77. The van der Waals surface area contributed by atoms with Crippen molar-refractivity contribution in [3.63, 3.8) is 0 Å². The second kappa shape index (κ2) is 2.89. The molecule has 6 heteroatoms. The zero-order chi connectivity index (χ0) is 9.26. The highest BCUT2D eigenvalue weighted by Gasteiger charge is 2.08. The van der Waals surface area contributed by atoms with Crippen molar-refractivity contribution in [2.24, 2.45) is 7.05 Å². The van der Waals surface area contributed by atoms with Gasteiger partial charge in [-0.3, -0.25) is 0 Å². The van der Waals surface area contributed by atoms with Gasteiger partial charge in [-0.25, -0.2) is 14.6 Å². The molecule has 6 nitrogen and oxygen atoms in total. The fraction of sp³-hybridized carbons (Fsp3) is 0.286. The van der Waals surface area contributed by atoms with Gasteiger partial charge in [-0.1, -0.05) is 0 Å². The Hall–Kier alpha value is -1.85. The van der Waals surface area contributed by atoms with E-state index in [1.807, 2.05) is 6.92 Å². The molecule has 0 aliphatic carbocycles. The monoisotopic (exact) mass is 176 g/mol. The first kappa shape index (κ1) is 7.78. The Morgan fingerprint density at radius 2 is 2.23 bits per heavy atom. The normalized spacial score (nSPS) is 10.3. The molecular weight excluding hydrogens is 168 g/mol. The summed E-state index contributed by atoms with van der Waals surface area (Å²) in [5.41, 5.74) is 1.72. The van der Waals surface area contributed by atoms with Crippen molar-refractivity contribution < 1.29 is 0 Å². The number of aromatic nitrogens is 6. The summed E-state index contributed by atoms with van der Waals surface area (Å²) in [6, 6.07) is 0. The topological polar surface area (TPSA) is 69.4 Å². The van der Waals surface area contributed by atoms with Crippen LogP contribution in [0, 0.1) is 6.92 Å². The summed E-state index contributed by atoms with van der Waals surface area (Å²) in [7, 11) is 1.78. The minimum atomic E-state index is 0.679. The molecule has 0 radical (unpaired) electrons. The van der Waals surface area contributed by atoms with E-state index < -0.39 is 0 Å². The van der Waals surface area contributed by atoms with Gasteiger partial charge >= 0.3 is 0 Å². The first-order chi connectivity index (χ1) is 6.29. The number of aryl methyl sites for hydroxylation is 2. The summed E-state index contributed by atoms with van der Waals surface area (Å²) in [4.78, 5) is 7.98. The standard InChI is InChI=1S/C7H8N6/c1-5-6(3-8-4-9-5)7-10-11-12-13(7)2/h3-4H,1-2H3. The summed E-state index contributed by atoms with van der Waals surface area (Å²) in [6.07, 6.45) is 3.21. The quantitative estimate of drug-likeness (QED) is 0.610. The van der Waals surface area contributed by atoms with Crippen LogP contribution in [0.2, 0.25) is 0 Å². The molecule has 0 saturated heterocycles. The van der Waals surface area contributed by atoms with Crippen molar-refractivity contribution in [2.75, 3.05) is 0 Å². The zero-order valence-corrected chi connectivity index (χ0v) is 7.34. The molecule has 0 aromatic carbocycles. The summed E-state index contributed by atoms with van der Waals surface area (Å²) < 4.78 is 1.59. The maximum absolute atomic E-state index is 4.06. The highest BCUT2D eigenvalue weighted by Crippen LogP contribution is 2.15. The van der Waals surface area contributed by atoms with Crippen molar-refractivity contribution in [3.8, 4) is 11.4 Å². The van der Waals surface area contributed by atoms with E-state index in [1.165, 1.54) is 6.33 Å². The van der Waals surface area contributed by atoms with Gasteiger partial charge in [-0.15, -0.1) is 5.10 Å². The highest BCUT2D eigenvalue weighted by atomic mass is 15.5. The van der Waals surface area contributed by atoms with Gasteiger partial charge in [0, 0.05) is 13.2 Å². The summed E-state index contributed by atoms with van der Waals surface area (Å²) in [5.74, 6) is 0.679. The van der Waals surface area contributed by atoms with Crippen LogP contribution in [-0.2, 0) is 7.05 Å². The van der Waals surface area contributed by atoms with Crippen LogP contribution >= 0.6 is 0 Å². The molecule has 0 amide bonds. The van der Waals surface area contributed by atoms with Crippen molar-refractivity contribution >= 4 is 0 Å². The predicted molar refractivity (Wildman–Crippen MR) is 44.6 cm³/mol. The van der Waals surface area contributed by atoms with E-state index in [-0.39, 0.29) is 0 Å². The first-order valence-corrected chi connectivity index (χ1v) is 3.78. The lowest BCUT2D eigenvalue weighted by Crippen LogP contribution is -1.97. The lowest BCUT2D eigenvalue weighted by Gasteiger charge is -2.00. The van der Waals surface area contributed by atoms with E-state index in [4.69, 9.17) is 0 Å². The van der Waals surface area contributed by atoms with Crippen molar-refractivity contribution in [3.05, 3.63) is 18.2 Å². The molecule has 0 unspecified atom stereocenters. The molecule has 13 heavy (non-hydrogen) atoms. The number of tetrazole rings is 1. The minimum Gasteiger partial charge on any atom is -0.244 e. The average Bonchev–Trinajstić information content (AvgIpc) is 2.52. The zero-order valence-electron chi connectivity index (χ0n) is 7.34. The number of hydrogen-bond donors (Lipinski definition) is 0. The van der Waals surface area contributed by atoms with Gasteiger partial charge in [0.05, 0.1) is 11.3 Å². The number of hydrogen-bond acceptors (Lipinski definition) is 5.